The van der Waals surface area contributed by atoms with Crippen LogP contribution in [0.15, 0.2) is 30.9 Å². The fourth-order valence-corrected chi connectivity index (χ4v) is 1.74. The van der Waals surface area contributed by atoms with Crippen LogP contribution in [0.25, 0.3) is 0 Å². The van der Waals surface area contributed by atoms with Crippen LogP contribution in [0.3, 0.4) is 0 Å². The fourth-order valence-electron chi connectivity index (χ4n) is 1.10. The van der Waals surface area contributed by atoms with Crippen molar-refractivity contribution in [1.82, 2.24) is 0 Å². The molecule has 0 aliphatic heterocycles. The van der Waals surface area contributed by atoms with Gasteiger partial charge in [0.1, 0.15) is 5.75 Å². The normalized spacial score (nSPS) is 11.6. The van der Waals surface area contributed by atoms with Crippen LogP contribution in [0.5, 0.6) is 5.75 Å². The van der Waals surface area contributed by atoms with E-state index in [1.165, 1.54) is 12.1 Å². The standard InChI is InChI=1S/C11H9F3IO/c1-3-7(2)8-4-9(15)6-10(5-8)16-11(12,13)14/h3-6H,1H2,2H3. The van der Waals surface area contributed by atoms with Crippen LogP contribution in [0.1, 0.15) is 12.5 Å². The van der Waals surface area contributed by atoms with Gasteiger partial charge in [0.2, 0.25) is 0 Å². The third-order valence-corrected chi connectivity index (χ3v) is 2.49. The first-order valence-corrected chi connectivity index (χ1v) is 5.42. The molecule has 0 unspecified atom stereocenters. The average Bonchev–Trinajstić information content (AvgIpc) is 2.12. The van der Waals surface area contributed by atoms with Gasteiger partial charge in [0.05, 0.1) is 0 Å². The SMILES string of the molecule is C=C[C](C)c1cc(I)cc(OC(F)(F)F)c1. The van der Waals surface area contributed by atoms with Crippen molar-refractivity contribution in [2.24, 2.45) is 0 Å². The third-order valence-electron chi connectivity index (χ3n) is 1.87. The summed E-state index contributed by atoms with van der Waals surface area (Å²) in [5.74, 6) is 0.584. The van der Waals surface area contributed by atoms with Crippen molar-refractivity contribution in [3.8, 4) is 5.75 Å². The van der Waals surface area contributed by atoms with Crippen LogP contribution in [-0.4, -0.2) is 6.36 Å². The molecule has 1 aromatic rings. The lowest BCUT2D eigenvalue weighted by molar-refractivity contribution is -0.274. The molecular weight excluding hydrogens is 332 g/mol. The zero-order valence-corrected chi connectivity index (χ0v) is 10.6. The first-order chi connectivity index (χ1) is 7.31. The first kappa shape index (κ1) is 13.3. The molecule has 0 saturated heterocycles. The minimum absolute atomic E-state index is 0.212. The highest BCUT2D eigenvalue weighted by Crippen LogP contribution is 2.28. The minimum atomic E-state index is -4.66. The highest BCUT2D eigenvalue weighted by Gasteiger charge is 2.31. The highest BCUT2D eigenvalue weighted by molar-refractivity contribution is 14.1. The Morgan fingerprint density at radius 2 is 2.00 bits per heavy atom. The number of halogens is 4. The quantitative estimate of drug-likeness (QED) is 0.744. The molecule has 1 radical (unpaired) electrons. The van der Waals surface area contributed by atoms with Crippen molar-refractivity contribution < 1.29 is 17.9 Å². The Morgan fingerprint density at radius 3 is 2.50 bits per heavy atom. The van der Waals surface area contributed by atoms with Crippen LogP contribution < -0.4 is 4.74 Å². The molecule has 0 N–H and O–H groups in total. The Hall–Kier alpha value is -0.720. The lowest BCUT2D eigenvalue weighted by Crippen LogP contribution is -2.17. The van der Waals surface area contributed by atoms with E-state index in [0.29, 0.717) is 9.13 Å². The van der Waals surface area contributed by atoms with E-state index in [9.17, 15) is 13.2 Å². The molecule has 0 atom stereocenters. The van der Waals surface area contributed by atoms with Gasteiger partial charge in [0, 0.05) is 9.49 Å². The zero-order chi connectivity index (χ0) is 12.3. The number of benzene rings is 1. The maximum atomic E-state index is 12.0. The summed E-state index contributed by atoms with van der Waals surface area (Å²) in [7, 11) is 0. The molecule has 0 fully saturated rings. The Kier molecular flexibility index (Phi) is 4.23. The van der Waals surface area contributed by atoms with Gasteiger partial charge in [-0.05, 0) is 46.4 Å². The summed E-state index contributed by atoms with van der Waals surface area (Å²) in [5.41, 5.74) is 0.668. The molecule has 0 bridgehead atoms. The van der Waals surface area contributed by atoms with Gasteiger partial charge in [-0.25, -0.2) is 0 Å². The Bertz CT molecular complexity index is 387. The van der Waals surface area contributed by atoms with Gasteiger partial charge in [-0.2, -0.15) is 0 Å². The molecule has 87 valence electrons. The number of hydrogen-bond donors (Lipinski definition) is 0. The van der Waals surface area contributed by atoms with E-state index in [-0.39, 0.29) is 5.75 Å². The largest absolute Gasteiger partial charge is 0.573 e. The molecule has 0 amide bonds. The van der Waals surface area contributed by atoms with Gasteiger partial charge < -0.3 is 4.74 Å². The van der Waals surface area contributed by atoms with E-state index >= 15 is 0 Å². The second kappa shape index (κ2) is 5.07. The second-order valence-corrected chi connectivity index (χ2v) is 4.36. The van der Waals surface area contributed by atoms with E-state index in [2.05, 4.69) is 11.3 Å². The lowest BCUT2D eigenvalue weighted by Gasteiger charge is -2.12. The van der Waals surface area contributed by atoms with E-state index in [0.717, 1.165) is 5.92 Å². The lowest BCUT2D eigenvalue weighted by atomic mass is 10.0. The number of ether oxygens (including phenoxy) is 1. The Balaban J connectivity index is 3.03. The molecule has 0 spiro atoms. The first-order valence-electron chi connectivity index (χ1n) is 4.34. The number of allylic oxidation sites excluding steroid dienone is 1. The van der Waals surface area contributed by atoms with Crippen LogP contribution in [0.2, 0.25) is 0 Å². The van der Waals surface area contributed by atoms with Crippen molar-refractivity contribution in [2.75, 3.05) is 0 Å². The molecule has 5 heteroatoms. The van der Waals surface area contributed by atoms with Gasteiger partial charge in [0.25, 0.3) is 0 Å². The third kappa shape index (κ3) is 4.03. The summed E-state index contributed by atoms with van der Waals surface area (Å²) >= 11 is 1.94. The molecule has 1 aromatic carbocycles. The smallest absolute Gasteiger partial charge is 0.406 e. The van der Waals surface area contributed by atoms with Crippen LogP contribution in [0, 0.1) is 9.49 Å². The van der Waals surface area contributed by atoms with Crippen LogP contribution >= 0.6 is 22.6 Å². The predicted molar refractivity (Wildman–Crippen MR) is 64.1 cm³/mol. The molecule has 0 aliphatic rings. The summed E-state index contributed by atoms with van der Waals surface area (Å²) in [6.07, 6.45) is -3.08. The highest BCUT2D eigenvalue weighted by atomic mass is 127. The van der Waals surface area contributed by atoms with Gasteiger partial charge in [-0.15, -0.1) is 19.8 Å². The Labute approximate surface area is 105 Å². The summed E-state index contributed by atoms with van der Waals surface area (Å²) in [6.45, 7) is 5.34. The number of alkyl halides is 3. The summed E-state index contributed by atoms with van der Waals surface area (Å²) in [5, 5.41) is 0. The van der Waals surface area contributed by atoms with Crippen molar-refractivity contribution in [3.05, 3.63) is 45.9 Å². The van der Waals surface area contributed by atoms with E-state index < -0.39 is 6.36 Å². The van der Waals surface area contributed by atoms with Crippen molar-refractivity contribution in [2.45, 2.75) is 13.3 Å². The second-order valence-electron chi connectivity index (χ2n) is 3.11. The Morgan fingerprint density at radius 1 is 1.38 bits per heavy atom. The number of rotatable bonds is 3. The van der Waals surface area contributed by atoms with Crippen molar-refractivity contribution in [3.63, 3.8) is 0 Å². The molecule has 1 nitrogen and oxygen atoms in total. The van der Waals surface area contributed by atoms with Crippen LogP contribution in [-0.2, 0) is 0 Å². The predicted octanol–water partition coefficient (Wildman–Crippen LogP) is 4.32. The molecule has 0 saturated carbocycles. The van der Waals surface area contributed by atoms with E-state index in [1.807, 2.05) is 22.6 Å². The summed E-state index contributed by atoms with van der Waals surface area (Å²) in [6, 6.07) is 4.43. The van der Waals surface area contributed by atoms with Gasteiger partial charge in [0.15, 0.2) is 0 Å². The van der Waals surface area contributed by atoms with Gasteiger partial charge >= 0.3 is 6.36 Å². The molecule has 1 rings (SSSR count). The summed E-state index contributed by atoms with van der Waals surface area (Å²) < 4.78 is 40.7. The van der Waals surface area contributed by atoms with Crippen molar-refractivity contribution in [1.29, 1.82) is 0 Å². The molecule has 0 aliphatic carbocycles. The monoisotopic (exact) mass is 341 g/mol. The zero-order valence-electron chi connectivity index (χ0n) is 8.44. The minimum Gasteiger partial charge on any atom is -0.406 e. The summed E-state index contributed by atoms with van der Waals surface area (Å²) in [4.78, 5) is 0. The van der Waals surface area contributed by atoms with Gasteiger partial charge in [-0.1, -0.05) is 13.0 Å². The molecule has 0 heterocycles. The molecule has 16 heavy (non-hydrogen) atoms. The van der Waals surface area contributed by atoms with Crippen LogP contribution in [0.4, 0.5) is 13.2 Å². The van der Waals surface area contributed by atoms with Crippen molar-refractivity contribution >= 4 is 22.6 Å². The van der Waals surface area contributed by atoms with Gasteiger partial charge in [-0.3, -0.25) is 0 Å². The maximum absolute atomic E-state index is 12.0. The number of hydrogen-bond acceptors (Lipinski definition) is 1. The topological polar surface area (TPSA) is 9.23 Å². The fraction of sp³-hybridized carbons (Fsp3) is 0.182. The molecular formula is C11H9F3IO. The maximum Gasteiger partial charge on any atom is 0.573 e. The van der Waals surface area contributed by atoms with E-state index in [1.54, 1.807) is 19.1 Å². The van der Waals surface area contributed by atoms with E-state index in [4.69, 9.17) is 0 Å². The average molecular weight is 341 g/mol. The molecule has 0 aromatic heterocycles.